The second-order valence-corrected chi connectivity index (χ2v) is 3.63. The first-order valence-electron chi connectivity index (χ1n) is 5.34. The number of anilines is 1. The molecule has 6 nitrogen and oxygen atoms in total. The van der Waals surface area contributed by atoms with Crippen LogP contribution in [0.4, 0.5) is 5.69 Å². The SMILES string of the molecule is CCc1[nH]nc(C(=O)NCc2ccoc2)c1N. The fraction of sp³-hybridized carbons (Fsp3) is 0.273. The number of nitrogens with one attached hydrogen (secondary N) is 2. The van der Waals surface area contributed by atoms with Crippen LogP contribution in [0.2, 0.25) is 0 Å². The van der Waals surface area contributed by atoms with Crippen molar-refractivity contribution in [3.8, 4) is 0 Å². The zero-order valence-electron chi connectivity index (χ0n) is 9.49. The van der Waals surface area contributed by atoms with Crippen molar-refractivity contribution in [1.82, 2.24) is 15.5 Å². The smallest absolute Gasteiger partial charge is 0.274 e. The van der Waals surface area contributed by atoms with E-state index in [9.17, 15) is 4.79 Å². The Kier molecular flexibility index (Phi) is 3.13. The fourth-order valence-corrected chi connectivity index (χ4v) is 1.49. The van der Waals surface area contributed by atoms with Crippen molar-refractivity contribution in [2.24, 2.45) is 0 Å². The van der Waals surface area contributed by atoms with Crippen molar-refractivity contribution in [2.45, 2.75) is 19.9 Å². The summed E-state index contributed by atoms with van der Waals surface area (Å²) in [4.78, 5) is 11.8. The van der Waals surface area contributed by atoms with Crippen LogP contribution in [0.15, 0.2) is 23.0 Å². The van der Waals surface area contributed by atoms with E-state index in [1.807, 2.05) is 6.92 Å². The second kappa shape index (κ2) is 4.73. The highest BCUT2D eigenvalue weighted by Gasteiger charge is 2.15. The van der Waals surface area contributed by atoms with E-state index >= 15 is 0 Å². The summed E-state index contributed by atoms with van der Waals surface area (Å²) in [5.74, 6) is -0.292. The number of nitrogens with two attached hydrogens (primary N) is 1. The second-order valence-electron chi connectivity index (χ2n) is 3.63. The molecule has 0 aliphatic carbocycles. The molecule has 0 atom stereocenters. The highest BCUT2D eigenvalue weighted by atomic mass is 16.3. The normalized spacial score (nSPS) is 10.4. The standard InChI is InChI=1S/C11H14N4O2/c1-2-8-9(12)10(15-14-8)11(16)13-5-7-3-4-17-6-7/h3-4,6H,2,5,12H2,1H3,(H,13,16)(H,14,15). The van der Waals surface area contributed by atoms with Gasteiger partial charge in [-0.3, -0.25) is 9.89 Å². The van der Waals surface area contributed by atoms with Gasteiger partial charge >= 0.3 is 0 Å². The number of aryl methyl sites for hydroxylation is 1. The van der Waals surface area contributed by atoms with Crippen molar-refractivity contribution in [3.05, 3.63) is 35.5 Å². The van der Waals surface area contributed by atoms with Gasteiger partial charge in [0, 0.05) is 12.1 Å². The van der Waals surface area contributed by atoms with E-state index < -0.39 is 0 Å². The maximum Gasteiger partial charge on any atom is 0.274 e. The molecule has 0 aromatic carbocycles. The molecule has 0 spiro atoms. The van der Waals surface area contributed by atoms with Gasteiger partial charge in [-0.2, -0.15) is 5.10 Å². The van der Waals surface area contributed by atoms with Gasteiger partial charge in [-0.25, -0.2) is 0 Å². The van der Waals surface area contributed by atoms with Gasteiger partial charge in [0.15, 0.2) is 5.69 Å². The molecule has 17 heavy (non-hydrogen) atoms. The van der Waals surface area contributed by atoms with Crippen LogP contribution in [0, 0.1) is 0 Å². The Labute approximate surface area is 98.2 Å². The molecular formula is C11H14N4O2. The molecule has 0 aliphatic heterocycles. The first kappa shape index (κ1) is 11.3. The molecule has 6 heteroatoms. The van der Waals surface area contributed by atoms with Crippen LogP contribution < -0.4 is 11.1 Å². The van der Waals surface area contributed by atoms with Crippen molar-refractivity contribution >= 4 is 11.6 Å². The van der Waals surface area contributed by atoms with Crippen LogP contribution in [0.1, 0.15) is 28.7 Å². The fourth-order valence-electron chi connectivity index (χ4n) is 1.49. The van der Waals surface area contributed by atoms with Crippen LogP contribution in [0.25, 0.3) is 0 Å². The summed E-state index contributed by atoms with van der Waals surface area (Å²) in [5.41, 5.74) is 8.11. The number of aromatic nitrogens is 2. The lowest BCUT2D eigenvalue weighted by molar-refractivity contribution is 0.0946. The number of aromatic amines is 1. The number of rotatable bonds is 4. The van der Waals surface area contributed by atoms with Gasteiger partial charge in [-0.1, -0.05) is 6.92 Å². The first-order chi connectivity index (χ1) is 8.22. The summed E-state index contributed by atoms with van der Waals surface area (Å²) in [6.07, 6.45) is 3.85. The Balaban J connectivity index is 2.02. The van der Waals surface area contributed by atoms with Crippen LogP contribution in [0.5, 0.6) is 0 Å². The third-order valence-corrected chi connectivity index (χ3v) is 2.48. The summed E-state index contributed by atoms with van der Waals surface area (Å²) in [7, 11) is 0. The van der Waals surface area contributed by atoms with Crippen LogP contribution in [0.3, 0.4) is 0 Å². The molecule has 0 aliphatic rings. The number of hydrogen-bond acceptors (Lipinski definition) is 4. The van der Waals surface area contributed by atoms with Crippen molar-refractivity contribution in [3.63, 3.8) is 0 Å². The number of H-pyrrole nitrogens is 1. The van der Waals surface area contributed by atoms with Gasteiger partial charge in [0.05, 0.1) is 23.9 Å². The predicted octanol–water partition coefficient (Wildman–Crippen LogP) is 1.08. The molecule has 2 rings (SSSR count). The maximum absolute atomic E-state index is 11.8. The minimum Gasteiger partial charge on any atom is -0.472 e. The maximum atomic E-state index is 11.8. The molecule has 2 heterocycles. The molecule has 0 saturated carbocycles. The molecule has 0 unspecified atom stereocenters. The van der Waals surface area contributed by atoms with E-state index in [1.165, 1.54) is 0 Å². The zero-order valence-corrected chi connectivity index (χ0v) is 9.49. The van der Waals surface area contributed by atoms with Gasteiger partial charge < -0.3 is 15.5 Å². The number of nitrogen functional groups attached to an aromatic ring is 1. The van der Waals surface area contributed by atoms with E-state index in [0.29, 0.717) is 18.7 Å². The van der Waals surface area contributed by atoms with Crippen LogP contribution in [-0.4, -0.2) is 16.1 Å². The Hall–Kier alpha value is -2.24. The zero-order chi connectivity index (χ0) is 12.3. The molecule has 1 amide bonds. The summed E-state index contributed by atoms with van der Waals surface area (Å²) in [6, 6.07) is 1.78. The van der Waals surface area contributed by atoms with E-state index in [4.69, 9.17) is 10.2 Å². The van der Waals surface area contributed by atoms with Gasteiger partial charge in [-0.05, 0) is 12.5 Å². The first-order valence-corrected chi connectivity index (χ1v) is 5.34. The summed E-state index contributed by atoms with van der Waals surface area (Å²) < 4.78 is 4.90. The molecule has 2 aromatic rings. The predicted molar refractivity (Wildman–Crippen MR) is 62.3 cm³/mol. The van der Waals surface area contributed by atoms with Gasteiger partial charge in [0.1, 0.15) is 0 Å². The highest BCUT2D eigenvalue weighted by Crippen LogP contribution is 2.14. The Morgan fingerprint density at radius 1 is 1.65 bits per heavy atom. The molecular weight excluding hydrogens is 220 g/mol. The van der Waals surface area contributed by atoms with Gasteiger partial charge in [0.2, 0.25) is 0 Å². The van der Waals surface area contributed by atoms with Gasteiger partial charge in [-0.15, -0.1) is 0 Å². The number of hydrogen-bond donors (Lipinski definition) is 3. The molecule has 90 valence electrons. The topological polar surface area (TPSA) is 96.9 Å². The Morgan fingerprint density at radius 3 is 3.06 bits per heavy atom. The van der Waals surface area contributed by atoms with E-state index in [0.717, 1.165) is 11.3 Å². The number of nitrogens with zero attached hydrogens (tertiary/aromatic N) is 1. The van der Waals surface area contributed by atoms with E-state index in [-0.39, 0.29) is 11.6 Å². The molecule has 2 aromatic heterocycles. The minimum absolute atomic E-state index is 0.241. The van der Waals surface area contributed by atoms with Crippen LogP contribution in [-0.2, 0) is 13.0 Å². The number of carbonyl (C=O) groups excluding carboxylic acids is 1. The minimum atomic E-state index is -0.292. The van der Waals surface area contributed by atoms with Crippen molar-refractivity contribution < 1.29 is 9.21 Å². The number of amides is 1. The average molecular weight is 234 g/mol. The Morgan fingerprint density at radius 2 is 2.47 bits per heavy atom. The van der Waals surface area contributed by atoms with Gasteiger partial charge in [0.25, 0.3) is 5.91 Å². The molecule has 0 saturated heterocycles. The lowest BCUT2D eigenvalue weighted by Gasteiger charge is -2.01. The largest absolute Gasteiger partial charge is 0.472 e. The third kappa shape index (κ3) is 2.30. The summed E-state index contributed by atoms with van der Waals surface area (Å²) in [5, 5.41) is 9.36. The molecule has 4 N–H and O–H groups in total. The highest BCUT2D eigenvalue weighted by molar-refractivity contribution is 5.97. The summed E-state index contributed by atoms with van der Waals surface area (Å²) >= 11 is 0. The lowest BCUT2D eigenvalue weighted by atomic mass is 10.2. The molecule has 0 fully saturated rings. The Bertz CT molecular complexity index is 502. The quantitative estimate of drug-likeness (QED) is 0.737. The number of furan rings is 1. The monoisotopic (exact) mass is 234 g/mol. The molecule has 0 bridgehead atoms. The van der Waals surface area contributed by atoms with E-state index in [2.05, 4.69) is 15.5 Å². The molecule has 0 radical (unpaired) electrons. The summed E-state index contributed by atoms with van der Waals surface area (Å²) in [6.45, 7) is 2.33. The lowest BCUT2D eigenvalue weighted by Crippen LogP contribution is -2.23. The van der Waals surface area contributed by atoms with Crippen molar-refractivity contribution in [2.75, 3.05) is 5.73 Å². The van der Waals surface area contributed by atoms with E-state index in [1.54, 1.807) is 18.6 Å². The van der Waals surface area contributed by atoms with Crippen LogP contribution >= 0.6 is 0 Å². The third-order valence-electron chi connectivity index (χ3n) is 2.48. The average Bonchev–Trinajstić information content (AvgIpc) is 2.95. The van der Waals surface area contributed by atoms with Crippen molar-refractivity contribution in [1.29, 1.82) is 0 Å². The number of carbonyl (C=O) groups is 1.